The number of nitrogens with one attached hydrogen (secondary N) is 1. The highest BCUT2D eigenvalue weighted by atomic mass is 15.2. The molecule has 1 N–H and O–H groups in total. The van der Waals surface area contributed by atoms with E-state index in [-0.39, 0.29) is 0 Å². The van der Waals surface area contributed by atoms with Crippen LogP contribution in [0.25, 0.3) is 0 Å². The number of aryl methyl sites for hydroxylation is 1. The average molecular weight is 286 g/mol. The lowest BCUT2D eigenvalue weighted by atomic mass is 9.77. The lowest BCUT2D eigenvalue weighted by Gasteiger charge is -2.40. The molecule has 1 aromatic rings. The van der Waals surface area contributed by atoms with Crippen LogP contribution in [-0.2, 0) is 0 Å². The lowest BCUT2D eigenvalue weighted by molar-refractivity contribution is 0.101. The first kappa shape index (κ1) is 15.1. The van der Waals surface area contributed by atoms with Gasteiger partial charge in [-0.2, -0.15) is 0 Å². The van der Waals surface area contributed by atoms with E-state index in [4.69, 9.17) is 0 Å². The summed E-state index contributed by atoms with van der Waals surface area (Å²) < 4.78 is 0. The van der Waals surface area contributed by atoms with Gasteiger partial charge in [0.05, 0.1) is 0 Å². The van der Waals surface area contributed by atoms with Gasteiger partial charge >= 0.3 is 0 Å². The first-order valence-electron chi connectivity index (χ1n) is 8.67. The molecular weight excluding hydrogens is 256 g/mol. The van der Waals surface area contributed by atoms with Crippen molar-refractivity contribution in [2.75, 3.05) is 26.7 Å². The SMILES string of the molecule is CNC(CN1CCC2(CCCC2)CC1)c1ccc(C)cc1. The van der Waals surface area contributed by atoms with Crippen LogP contribution < -0.4 is 5.32 Å². The number of rotatable bonds is 4. The molecule has 116 valence electrons. The Balaban J connectivity index is 1.56. The first-order valence-corrected chi connectivity index (χ1v) is 8.67. The maximum Gasteiger partial charge on any atom is 0.0446 e. The molecule has 1 atom stereocenters. The molecule has 0 bridgehead atoms. The van der Waals surface area contributed by atoms with E-state index in [9.17, 15) is 0 Å². The van der Waals surface area contributed by atoms with Crippen LogP contribution >= 0.6 is 0 Å². The van der Waals surface area contributed by atoms with Gasteiger partial charge in [0.25, 0.3) is 0 Å². The van der Waals surface area contributed by atoms with E-state index in [1.165, 1.54) is 62.7 Å². The smallest absolute Gasteiger partial charge is 0.0446 e. The van der Waals surface area contributed by atoms with E-state index in [2.05, 4.69) is 48.5 Å². The maximum atomic E-state index is 3.50. The summed E-state index contributed by atoms with van der Waals surface area (Å²) in [6.07, 6.45) is 8.79. The van der Waals surface area contributed by atoms with Gasteiger partial charge in [-0.1, -0.05) is 42.7 Å². The zero-order valence-electron chi connectivity index (χ0n) is 13.7. The minimum atomic E-state index is 0.461. The highest BCUT2D eigenvalue weighted by molar-refractivity contribution is 5.24. The summed E-state index contributed by atoms with van der Waals surface area (Å²) in [5.74, 6) is 0. The second-order valence-corrected chi connectivity index (χ2v) is 7.26. The number of hydrogen-bond acceptors (Lipinski definition) is 2. The van der Waals surface area contributed by atoms with Gasteiger partial charge in [0.2, 0.25) is 0 Å². The Hall–Kier alpha value is -0.860. The molecule has 3 rings (SSSR count). The molecule has 1 aromatic carbocycles. The number of hydrogen-bond donors (Lipinski definition) is 1. The maximum absolute atomic E-state index is 3.50. The second kappa shape index (κ2) is 6.50. The van der Waals surface area contributed by atoms with Gasteiger partial charge in [0, 0.05) is 12.6 Å². The van der Waals surface area contributed by atoms with Crippen LogP contribution in [0.5, 0.6) is 0 Å². The van der Waals surface area contributed by atoms with Gasteiger partial charge in [-0.3, -0.25) is 0 Å². The van der Waals surface area contributed by atoms with Gasteiger partial charge < -0.3 is 10.2 Å². The predicted octanol–water partition coefficient (Wildman–Crippen LogP) is 3.91. The Morgan fingerprint density at radius 1 is 1.05 bits per heavy atom. The summed E-state index contributed by atoms with van der Waals surface area (Å²) >= 11 is 0. The Kier molecular flexibility index (Phi) is 4.66. The van der Waals surface area contributed by atoms with Crippen LogP contribution in [0.1, 0.15) is 55.7 Å². The zero-order valence-corrected chi connectivity index (χ0v) is 13.7. The van der Waals surface area contributed by atoms with E-state index in [1.807, 2.05) is 0 Å². The topological polar surface area (TPSA) is 15.3 Å². The van der Waals surface area contributed by atoms with E-state index < -0.39 is 0 Å². The summed E-state index contributed by atoms with van der Waals surface area (Å²) in [5, 5.41) is 3.50. The molecule has 1 saturated heterocycles. The summed E-state index contributed by atoms with van der Waals surface area (Å²) in [6, 6.07) is 9.47. The fourth-order valence-corrected chi connectivity index (χ4v) is 4.26. The largest absolute Gasteiger partial charge is 0.312 e. The van der Waals surface area contributed by atoms with Crippen molar-refractivity contribution >= 4 is 0 Å². The molecule has 1 spiro atoms. The van der Waals surface area contributed by atoms with Crippen molar-refractivity contribution in [1.82, 2.24) is 10.2 Å². The molecular formula is C19H30N2. The molecule has 1 aliphatic carbocycles. The Labute approximate surface area is 129 Å². The minimum absolute atomic E-state index is 0.461. The van der Waals surface area contributed by atoms with Crippen molar-refractivity contribution in [3.63, 3.8) is 0 Å². The van der Waals surface area contributed by atoms with E-state index in [1.54, 1.807) is 0 Å². The predicted molar refractivity (Wildman–Crippen MR) is 89.6 cm³/mol. The van der Waals surface area contributed by atoms with Crippen molar-refractivity contribution in [3.05, 3.63) is 35.4 Å². The molecule has 2 fully saturated rings. The normalized spacial score (nSPS) is 23.5. The van der Waals surface area contributed by atoms with Crippen LogP contribution in [0, 0.1) is 12.3 Å². The monoisotopic (exact) mass is 286 g/mol. The molecule has 0 aromatic heterocycles. The molecule has 0 amide bonds. The Bertz CT molecular complexity index is 435. The molecule has 1 saturated carbocycles. The summed E-state index contributed by atoms with van der Waals surface area (Å²) in [4.78, 5) is 2.67. The van der Waals surface area contributed by atoms with Gasteiger partial charge in [0.1, 0.15) is 0 Å². The zero-order chi connectivity index (χ0) is 14.7. The minimum Gasteiger partial charge on any atom is -0.312 e. The molecule has 21 heavy (non-hydrogen) atoms. The first-order chi connectivity index (χ1) is 10.2. The van der Waals surface area contributed by atoms with Gasteiger partial charge in [-0.05, 0) is 63.7 Å². The summed E-state index contributed by atoms with van der Waals surface area (Å²) in [5.41, 5.74) is 3.49. The van der Waals surface area contributed by atoms with Crippen LogP contribution in [0.3, 0.4) is 0 Å². The van der Waals surface area contributed by atoms with Gasteiger partial charge in [0.15, 0.2) is 0 Å². The molecule has 1 aliphatic heterocycles. The number of likely N-dealkylation sites (N-methyl/N-ethyl adjacent to an activating group) is 1. The number of piperidine rings is 1. The third-order valence-corrected chi connectivity index (χ3v) is 5.85. The number of nitrogens with zero attached hydrogens (tertiary/aromatic N) is 1. The lowest BCUT2D eigenvalue weighted by Crippen LogP contribution is -2.42. The Morgan fingerprint density at radius 2 is 1.67 bits per heavy atom. The number of likely N-dealkylation sites (tertiary alicyclic amines) is 1. The van der Waals surface area contributed by atoms with Gasteiger partial charge in [-0.15, -0.1) is 0 Å². The van der Waals surface area contributed by atoms with E-state index in [0.717, 1.165) is 12.0 Å². The third-order valence-electron chi connectivity index (χ3n) is 5.85. The molecule has 2 aliphatic rings. The molecule has 0 radical (unpaired) electrons. The van der Waals surface area contributed by atoms with E-state index >= 15 is 0 Å². The van der Waals surface area contributed by atoms with Crippen molar-refractivity contribution in [2.45, 2.75) is 51.5 Å². The fourth-order valence-electron chi connectivity index (χ4n) is 4.26. The summed E-state index contributed by atoms with van der Waals surface area (Å²) in [6.45, 7) is 5.90. The highest BCUT2D eigenvalue weighted by Gasteiger charge is 2.37. The standard InChI is InChI=1S/C19H30N2/c1-16-5-7-17(8-6-16)18(20-2)15-21-13-11-19(12-14-21)9-3-4-10-19/h5-8,18,20H,3-4,9-15H2,1-2H3. The third kappa shape index (κ3) is 3.49. The van der Waals surface area contributed by atoms with Crippen LogP contribution in [0.2, 0.25) is 0 Å². The van der Waals surface area contributed by atoms with E-state index in [0.29, 0.717) is 6.04 Å². The van der Waals surface area contributed by atoms with Crippen molar-refractivity contribution in [1.29, 1.82) is 0 Å². The van der Waals surface area contributed by atoms with Gasteiger partial charge in [-0.25, -0.2) is 0 Å². The van der Waals surface area contributed by atoms with Crippen molar-refractivity contribution < 1.29 is 0 Å². The Morgan fingerprint density at radius 3 is 2.24 bits per heavy atom. The quantitative estimate of drug-likeness (QED) is 0.902. The highest BCUT2D eigenvalue weighted by Crippen LogP contribution is 2.46. The second-order valence-electron chi connectivity index (χ2n) is 7.26. The van der Waals surface area contributed by atoms with Crippen LogP contribution in [-0.4, -0.2) is 31.6 Å². The van der Waals surface area contributed by atoms with Crippen LogP contribution in [0.4, 0.5) is 0 Å². The van der Waals surface area contributed by atoms with Crippen molar-refractivity contribution in [3.8, 4) is 0 Å². The fraction of sp³-hybridized carbons (Fsp3) is 0.684. The average Bonchev–Trinajstić information content (AvgIpc) is 2.96. The molecule has 2 nitrogen and oxygen atoms in total. The number of benzene rings is 1. The van der Waals surface area contributed by atoms with Crippen LogP contribution in [0.15, 0.2) is 24.3 Å². The summed E-state index contributed by atoms with van der Waals surface area (Å²) in [7, 11) is 2.09. The molecule has 2 heteroatoms. The van der Waals surface area contributed by atoms with Crippen molar-refractivity contribution in [2.24, 2.45) is 5.41 Å². The molecule has 1 unspecified atom stereocenters. The molecule has 1 heterocycles.